The number of unbranched alkanes of at least 4 members (excludes halogenated alkanes) is 2. The summed E-state index contributed by atoms with van der Waals surface area (Å²) in [5.74, 6) is 0. The van der Waals surface area contributed by atoms with Gasteiger partial charge in [0.1, 0.15) is 6.29 Å². The third kappa shape index (κ3) is 6.15. The van der Waals surface area contributed by atoms with Gasteiger partial charge < -0.3 is 0 Å². The summed E-state index contributed by atoms with van der Waals surface area (Å²) in [5.41, 5.74) is 3.96. The van der Waals surface area contributed by atoms with E-state index in [1.807, 2.05) is 0 Å². The molecule has 0 nitrogen and oxygen atoms in total. The molecule has 1 unspecified atom stereocenters. The minimum absolute atomic E-state index is 0.682. The van der Waals surface area contributed by atoms with Gasteiger partial charge in [-0.05, 0) is 18.0 Å². The molecule has 0 aromatic heterocycles. The van der Waals surface area contributed by atoms with E-state index in [2.05, 4.69) is 70.8 Å². The van der Waals surface area contributed by atoms with Gasteiger partial charge in [-0.25, -0.2) is 0 Å². The molecule has 0 fully saturated rings. The van der Waals surface area contributed by atoms with Crippen LogP contribution in [0.4, 0.5) is 0 Å². The van der Waals surface area contributed by atoms with Gasteiger partial charge in [-0.1, -0.05) is 61.9 Å². The lowest BCUT2D eigenvalue weighted by Gasteiger charge is -2.02. The largest absolute Gasteiger partial charge is 0.137 e. The predicted molar refractivity (Wildman–Crippen MR) is 80.0 cm³/mol. The fourth-order valence-corrected chi connectivity index (χ4v) is 5.23. The van der Waals surface area contributed by atoms with E-state index in [0.29, 0.717) is 0 Å². The summed E-state index contributed by atoms with van der Waals surface area (Å²) < 4.78 is 0. The minimum Gasteiger partial charge on any atom is -0.117 e. The molecule has 0 radical (unpaired) electrons. The maximum Gasteiger partial charge on any atom is 0.137 e. The second-order valence-corrected chi connectivity index (χ2v) is 10.4. The highest BCUT2D eigenvalue weighted by Crippen LogP contribution is 2.08. The second kappa shape index (κ2) is 8.10. The van der Waals surface area contributed by atoms with E-state index in [0.717, 1.165) is 0 Å². The van der Waals surface area contributed by atoms with Crippen LogP contribution in [0.15, 0.2) is 42.1 Å². The van der Waals surface area contributed by atoms with Crippen LogP contribution in [0.1, 0.15) is 31.7 Å². The number of benzene rings is 1. The van der Waals surface area contributed by atoms with Crippen LogP contribution < -0.4 is 0 Å². The van der Waals surface area contributed by atoms with Crippen molar-refractivity contribution in [3.05, 3.63) is 47.7 Å². The van der Waals surface area contributed by atoms with Crippen LogP contribution in [0, 0.1) is 0 Å². The molecule has 1 aromatic carbocycles. The maximum atomic E-state index is 2.65. The molecule has 0 bridgehead atoms. The number of rotatable bonds is 6. The first kappa shape index (κ1) is 13.0. The summed E-state index contributed by atoms with van der Waals surface area (Å²) >= 11 is 2.65. The van der Waals surface area contributed by atoms with Gasteiger partial charge in [-0.15, -0.1) is 21.8 Å². The Bertz CT molecular complexity index is 282. The van der Waals surface area contributed by atoms with Gasteiger partial charge in [0.25, 0.3) is 0 Å². The average molecular weight is 330 g/mol. The normalized spacial score (nSPS) is 13.2. The molecule has 0 aliphatic heterocycles. The molecule has 1 rings (SSSR count). The van der Waals surface area contributed by atoms with Crippen molar-refractivity contribution in [2.75, 3.05) is 0 Å². The number of halogens is 1. The zero-order chi connectivity index (χ0) is 10.9. The average Bonchev–Trinajstić information content (AvgIpc) is 2.26. The lowest BCUT2D eigenvalue weighted by molar-refractivity contribution is 0.815. The van der Waals surface area contributed by atoms with Crippen LogP contribution in [0.3, 0.4) is 0 Å². The summed E-state index contributed by atoms with van der Waals surface area (Å²) in [6, 6.07) is 12.1. The molecule has 0 aliphatic carbocycles. The molecule has 15 heavy (non-hydrogen) atoms. The SMILES string of the molecule is CCCCC=C[SiH](I)Cc1ccccc1. The number of hydrogen-bond donors (Lipinski definition) is 0. The first-order chi connectivity index (χ1) is 7.33. The smallest absolute Gasteiger partial charge is 0.117 e. The Hall–Kier alpha value is -0.0931. The van der Waals surface area contributed by atoms with Gasteiger partial charge in [-0.2, -0.15) is 0 Å². The molecule has 1 atom stereocenters. The van der Waals surface area contributed by atoms with E-state index in [1.54, 1.807) is 0 Å². The lowest BCUT2D eigenvalue weighted by Crippen LogP contribution is -2.04. The van der Waals surface area contributed by atoms with Crippen LogP contribution in [0.5, 0.6) is 0 Å². The van der Waals surface area contributed by atoms with E-state index in [9.17, 15) is 0 Å². The van der Waals surface area contributed by atoms with Crippen molar-refractivity contribution in [3.8, 4) is 0 Å². The van der Waals surface area contributed by atoms with Crippen LogP contribution in [0.25, 0.3) is 0 Å². The van der Waals surface area contributed by atoms with Gasteiger partial charge in [0, 0.05) is 0 Å². The van der Waals surface area contributed by atoms with E-state index in [1.165, 1.54) is 30.9 Å². The minimum atomic E-state index is -0.682. The van der Waals surface area contributed by atoms with Crippen molar-refractivity contribution in [3.63, 3.8) is 0 Å². The zero-order valence-electron chi connectivity index (χ0n) is 9.33. The van der Waals surface area contributed by atoms with Gasteiger partial charge >= 0.3 is 0 Å². The Morgan fingerprint density at radius 2 is 2.00 bits per heavy atom. The van der Waals surface area contributed by atoms with E-state index in [-0.39, 0.29) is 0 Å². The Morgan fingerprint density at radius 3 is 2.67 bits per heavy atom. The Balaban J connectivity index is 2.30. The highest BCUT2D eigenvalue weighted by Gasteiger charge is 2.02. The van der Waals surface area contributed by atoms with Crippen molar-refractivity contribution in [1.29, 1.82) is 0 Å². The summed E-state index contributed by atoms with van der Waals surface area (Å²) in [5, 5.41) is 0. The molecular weight excluding hydrogens is 311 g/mol. The summed E-state index contributed by atoms with van der Waals surface area (Å²) in [4.78, 5) is 0. The number of allylic oxidation sites excluding steroid dienone is 1. The lowest BCUT2D eigenvalue weighted by atomic mass is 10.2. The van der Waals surface area contributed by atoms with Gasteiger partial charge in [-0.3, -0.25) is 0 Å². The molecule has 0 spiro atoms. The molecule has 0 aliphatic rings. The quantitative estimate of drug-likeness (QED) is 0.317. The summed E-state index contributed by atoms with van der Waals surface area (Å²) in [6.07, 6.45) is 5.60. The van der Waals surface area contributed by atoms with Crippen LogP contribution in [0.2, 0.25) is 0 Å². The van der Waals surface area contributed by atoms with Crippen molar-refractivity contribution in [1.82, 2.24) is 0 Å². The van der Waals surface area contributed by atoms with Crippen molar-refractivity contribution in [2.24, 2.45) is 0 Å². The highest BCUT2D eigenvalue weighted by molar-refractivity contribution is 14.1. The fraction of sp³-hybridized carbons (Fsp3) is 0.385. The molecule has 0 heterocycles. The molecule has 1 aromatic rings. The highest BCUT2D eigenvalue weighted by atomic mass is 127. The van der Waals surface area contributed by atoms with Gasteiger partial charge in [0.05, 0.1) is 0 Å². The predicted octanol–water partition coefficient (Wildman–Crippen LogP) is 4.21. The molecule has 0 N–H and O–H groups in total. The van der Waals surface area contributed by atoms with Crippen LogP contribution in [-0.2, 0) is 6.04 Å². The Morgan fingerprint density at radius 1 is 1.27 bits per heavy atom. The monoisotopic (exact) mass is 330 g/mol. The third-order valence-corrected chi connectivity index (χ3v) is 6.46. The molecular formula is C13H19ISi. The molecule has 82 valence electrons. The molecule has 0 saturated carbocycles. The second-order valence-electron chi connectivity index (χ2n) is 3.78. The van der Waals surface area contributed by atoms with Crippen LogP contribution in [-0.4, -0.2) is 6.29 Å². The molecule has 2 heteroatoms. The molecule has 0 saturated heterocycles. The fourth-order valence-electron chi connectivity index (χ4n) is 1.47. The van der Waals surface area contributed by atoms with E-state index in [4.69, 9.17) is 0 Å². The zero-order valence-corrected chi connectivity index (χ0v) is 12.6. The van der Waals surface area contributed by atoms with E-state index >= 15 is 0 Å². The van der Waals surface area contributed by atoms with Gasteiger partial charge in [0.2, 0.25) is 0 Å². The van der Waals surface area contributed by atoms with Gasteiger partial charge in [0.15, 0.2) is 0 Å². The van der Waals surface area contributed by atoms with Crippen molar-refractivity contribution < 1.29 is 0 Å². The van der Waals surface area contributed by atoms with Crippen molar-refractivity contribution in [2.45, 2.75) is 32.2 Å². The first-order valence-corrected chi connectivity index (χ1v) is 11.3. The Kier molecular flexibility index (Phi) is 7.01. The summed E-state index contributed by atoms with van der Waals surface area (Å²) in [6.45, 7) is 2.25. The topological polar surface area (TPSA) is 0 Å². The Labute approximate surface area is 108 Å². The van der Waals surface area contributed by atoms with Crippen molar-refractivity contribution >= 4 is 28.1 Å². The van der Waals surface area contributed by atoms with Crippen LogP contribution >= 0.6 is 21.8 Å². The molecule has 0 amide bonds. The number of hydrogen-bond acceptors (Lipinski definition) is 0. The maximum absolute atomic E-state index is 2.65. The standard InChI is InChI=1S/C13H19ISi/c1-2-3-4-8-11-15(14)12-13-9-6-5-7-10-13/h5-11,15H,2-4,12H2,1H3. The first-order valence-electron chi connectivity index (χ1n) is 5.67. The van der Waals surface area contributed by atoms with E-state index < -0.39 is 6.29 Å². The third-order valence-electron chi connectivity index (χ3n) is 2.34. The summed E-state index contributed by atoms with van der Waals surface area (Å²) in [7, 11) is 0.